The van der Waals surface area contributed by atoms with Gasteiger partial charge in [-0.2, -0.15) is 0 Å². The van der Waals surface area contributed by atoms with Crippen LogP contribution in [0.15, 0.2) is 47.4 Å². The second kappa shape index (κ2) is 8.85. The van der Waals surface area contributed by atoms with Gasteiger partial charge in [0, 0.05) is 14.1 Å². The van der Waals surface area contributed by atoms with Crippen LogP contribution >= 0.6 is 0 Å². The quantitative estimate of drug-likeness (QED) is 0.648. The van der Waals surface area contributed by atoms with E-state index in [4.69, 9.17) is 9.47 Å². The van der Waals surface area contributed by atoms with Gasteiger partial charge in [0.1, 0.15) is 17.3 Å². The van der Waals surface area contributed by atoms with Gasteiger partial charge in [0.15, 0.2) is 0 Å². The molecule has 0 aliphatic heterocycles. The van der Waals surface area contributed by atoms with Crippen molar-refractivity contribution < 1.29 is 32.2 Å². The zero-order valence-electron chi connectivity index (χ0n) is 16.0. The number of nitrogens with zero attached hydrogens (tertiary/aromatic N) is 1. The monoisotopic (exact) mass is 407 g/mol. The van der Waals surface area contributed by atoms with Crippen molar-refractivity contribution in [2.24, 2.45) is 0 Å². The Bertz CT molecular complexity index is 984. The Kier molecular flexibility index (Phi) is 6.76. The maximum Gasteiger partial charge on any atom is 0.338 e. The molecule has 0 radical (unpaired) electrons. The molecule has 28 heavy (non-hydrogen) atoms. The van der Waals surface area contributed by atoms with Crippen molar-refractivity contribution in [3.05, 3.63) is 59.2 Å². The summed E-state index contributed by atoms with van der Waals surface area (Å²) in [7, 11) is 1.57. The Morgan fingerprint density at radius 1 is 0.964 bits per heavy atom. The van der Waals surface area contributed by atoms with Gasteiger partial charge in [0.05, 0.1) is 25.3 Å². The molecule has 0 saturated carbocycles. The van der Waals surface area contributed by atoms with E-state index in [0.717, 1.165) is 4.31 Å². The topological polar surface area (TPSA) is 99.2 Å². The van der Waals surface area contributed by atoms with E-state index in [-0.39, 0.29) is 22.8 Å². The smallest absolute Gasteiger partial charge is 0.338 e. The Hall–Kier alpha value is -2.91. The number of hydrogen-bond acceptors (Lipinski definition) is 7. The van der Waals surface area contributed by atoms with Crippen LogP contribution in [0.25, 0.3) is 0 Å². The normalized spacial score (nSPS) is 11.2. The van der Waals surface area contributed by atoms with Crippen molar-refractivity contribution in [1.82, 2.24) is 4.31 Å². The van der Waals surface area contributed by atoms with Crippen molar-refractivity contribution in [2.75, 3.05) is 28.3 Å². The van der Waals surface area contributed by atoms with Gasteiger partial charge in [-0.1, -0.05) is 12.1 Å². The van der Waals surface area contributed by atoms with Crippen molar-refractivity contribution >= 4 is 22.0 Å². The first-order chi connectivity index (χ1) is 13.2. The minimum Gasteiger partial charge on any atom is -0.495 e. The van der Waals surface area contributed by atoms with Gasteiger partial charge >= 0.3 is 11.9 Å². The highest BCUT2D eigenvalue weighted by Gasteiger charge is 2.24. The molecule has 0 amide bonds. The maximum absolute atomic E-state index is 12.4. The Morgan fingerprint density at radius 3 is 2.25 bits per heavy atom. The van der Waals surface area contributed by atoms with Crippen molar-refractivity contribution in [2.45, 2.75) is 11.5 Å². The second-order valence-electron chi connectivity index (χ2n) is 5.92. The molecule has 0 heterocycles. The molecular formula is C19H21NO7S. The molecule has 9 heteroatoms. The first-order valence-electron chi connectivity index (χ1n) is 8.15. The first kappa shape index (κ1) is 21.4. The lowest BCUT2D eigenvalue weighted by atomic mass is 10.1. The lowest BCUT2D eigenvalue weighted by Crippen LogP contribution is -2.23. The molecule has 0 bridgehead atoms. The fourth-order valence-electron chi connectivity index (χ4n) is 2.34. The van der Waals surface area contributed by atoms with E-state index < -0.39 is 22.0 Å². The molecule has 0 fully saturated rings. The molecule has 8 nitrogen and oxygen atoms in total. The molecule has 150 valence electrons. The summed E-state index contributed by atoms with van der Waals surface area (Å²) >= 11 is 0. The van der Waals surface area contributed by atoms with Crippen molar-refractivity contribution in [3.63, 3.8) is 0 Å². The summed E-state index contributed by atoms with van der Waals surface area (Å²) in [4.78, 5) is 23.8. The van der Waals surface area contributed by atoms with Crippen LogP contribution in [0, 0.1) is 0 Å². The van der Waals surface area contributed by atoms with E-state index in [0.29, 0.717) is 11.1 Å². The van der Waals surface area contributed by atoms with Crippen molar-refractivity contribution in [1.29, 1.82) is 0 Å². The van der Waals surface area contributed by atoms with Crippen LogP contribution < -0.4 is 4.74 Å². The molecular weight excluding hydrogens is 386 g/mol. The predicted octanol–water partition coefficient (Wildman–Crippen LogP) is 2.09. The molecule has 0 aromatic heterocycles. The van der Waals surface area contributed by atoms with Crippen molar-refractivity contribution in [3.8, 4) is 5.75 Å². The van der Waals surface area contributed by atoms with Crippen LogP contribution in [-0.4, -0.2) is 53.0 Å². The van der Waals surface area contributed by atoms with E-state index in [2.05, 4.69) is 4.74 Å². The Balaban J connectivity index is 2.23. The molecule has 0 atom stereocenters. The number of carbonyl (C=O) groups excluding carboxylic acids is 2. The lowest BCUT2D eigenvalue weighted by Gasteiger charge is -2.15. The second-order valence-corrected chi connectivity index (χ2v) is 8.04. The number of hydrogen-bond donors (Lipinski definition) is 0. The highest BCUT2D eigenvalue weighted by atomic mass is 32.2. The number of sulfonamides is 1. The molecule has 2 aromatic rings. The predicted molar refractivity (Wildman–Crippen MR) is 101 cm³/mol. The minimum absolute atomic E-state index is 0.0605. The first-order valence-corrected chi connectivity index (χ1v) is 9.59. The fourth-order valence-corrected chi connectivity index (χ4v) is 3.42. The number of esters is 2. The van der Waals surface area contributed by atoms with Crippen LogP contribution in [-0.2, 0) is 26.1 Å². The van der Waals surface area contributed by atoms with Gasteiger partial charge in [-0.3, -0.25) is 0 Å². The van der Waals surface area contributed by atoms with E-state index in [1.807, 2.05) is 0 Å². The zero-order valence-corrected chi connectivity index (χ0v) is 16.8. The van der Waals surface area contributed by atoms with Crippen LogP contribution in [0.3, 0.4) is 0 Å². The SMILES string of the molecule is COC(=O)c1cccc(COC(=O)c2ccc(OC)c(S(=O)(=O)N(C)C)c2)c1. The fraction of sp³-hybridized carbons (Fsp3) is 0.263. The van der Waals surface area contributed by atoms with Crippen LogP contribution in [0.2, 0.25) is 0 Å². The van der Waals surface area contributed by atoms with Gasteiger partial charge < -0.3 is 14.2 Å². The third-order valence-electron chi connectivity index (χ3n) is 3.88. The molecule has 0 saturated heterocycles. The minimum atomic E-state index is -3.81. The third kappa shape index (κ3) is 4.68. The van der Waals surface area contributed by atoms with E-state index in [1.165, 1.54) is 46.5 Å². The summed E-state index contributed by atoms with van der Waals surface area (Å²) in [6.07, 6.45) is 0. The lowest BCUT2D eigenvalue weighted by molar-refractivity contribution is 0.0472. The zero-order chi connectivity index (χ0) is 20.9. The largest absolute Gasteiger partial charge is 0.495 e. The molecule has 2 rings (SSSR count). The summed E-state index contributed by atoms with van der Waals surface area (Å²) in [5, 5.41) is 0. The average Bonchev–Trinajstić information content (AvgIpc) is 2.70. The standard InChI is InChI=1S/C19H21NO7S/c1-20(2)28(23,24)17-11-15(8-9-16(17)25-3)19(22)27-12-13-6-5-7-14(10-13)18(21)26-4/h5-11H,12H2,1-4H3. The van der Waals surface area contributed by atoms with E-state index in [9.17, 15) is 18.0 Å². The number of ether oxygens (including phenoxy) is 3. The summed E-state index contributed by atoms with van der Waals surface area (Å²) in [5.41, 5.74) is 0.983. The van der Waals surface area contributed by atoms with E-state index >= 15 is 0 Å². The highest BCUT2D eigenvalue weighted by molar-refractivity contribution is 7.89. The Labute approximate surface area is 163 Å². The van der Waals surface area contributed by atoms with Crippen LogP contribution in [0.1, 0.15) is 26.3 Å². The van der Waals surface area contributed by atoms with Crippen LogP contribution in [0.4, 0.5) is 0 Å². The number of benzene rings is 2. The summed E-state index contributed by atoms with van der Waals surface area (Å²) in [6.45, 7) is -0.0918. The highest BCUT2D eigenvalue weighted by Crippen LogP contribution is 2.27. The van der Waals surface area contributed by atoms with Gasteiger partial charge in [-0.25, -0.2) is 22.3 Å². The van der Waals surface area contributed by atoms with Gasteiger partial charge in [0.25, 0.3) is 0 Å². The molecule has 2 aromatic carbocycles. The summed E-state index contributed by atoms with van der Waals surface area (Å²) < 4.78 is 40.9. The average molecular weight is 407 g/mol. The van der Waals surface area contributed by atoms with Gasteiger partial charge in [0.2, 0.25) is 10.0 Å². The number of methoxy groups -OCH3 is 2. The molecule has 0 aliphatic carbocycles. The van der Waals surface area contributed by atoms with Gasteiger partial charge in [-0.15, -0.1) is 0 Å². The summed E-state index contributed by atoms with van der Waals surface area (Å²) in [6, 6.07) is 10.5. The summed E-state index contributed by atoms with van der Waals surface area (Å²) in [5.74, 6) is -1.08. The van der Waals surface area contributed by atoms with Gasteiger partial charge in [-0.05, 0) is 35.9 Å². The third-order valence-corrected chi connectivity index (χ3v) is 5.71. The van der Waals surface area contributed by atoms with E-state index in [1.54, 1.807) is 24.3 Å². The number of carbonyl (C=O) groups is 2. The molecule has 0 aliphatic rings. The van der Waals surface area contributed by atoms with Crippen LogP contribution in [0.5, 0.6) is 5.75 Å². The maximum atomic E-state index is 12.4. The molecule has 0 N–H and O–H groups in total. The molecule has 0 unspecified atom stereocenters. The molecule has 0 spiro atoms. The number of rotatable bonds is 7. The Morgan fingerprint density at radius 2 is 1.64 bits per heavy atom.